The number of ether oxygens (including phenoxy) is 3. The Labute approximate surface area is 171 Å². The number of amides is 3. The van der Waals surface area contributed by atoms with Crippen LogP contribution in [0, 0.1) is 0 Å². The van der Waals surface area contributed by atoms with Gasteiger partial charge in [0.25, 0.3) is 5.91 Å². The van der Waals surface area contributed by atoms with Crippen molar-refractivity contribution in [2.75, 3.05) is 30.6 Å². The number of anilines is 2. The van der Waals surface area contributed by atoms with Gasteiger partial charge in [-0.15, -0.1) is 0 Å². The van der Waals surface area contributed by atoms with Crippen LogP contribution in [0.15, 0.2) is 18.2 Å². The highest BCUT2D eigenvalue weighted by Crippen LogP contribution is 2.34. The summed E-state index contributed by atoms with van der Waals surface area (Å²) in [6, 6.07) is 5.12. The molecule has 1 aromatic carbocycles. The standard InChI is InChI=1S/C19H20N4O5S/c24-17(14-2-1-7-26-14)22-18-21-12-5-6-23(9-16(12)29-18)19(25)20-11-3-4-13-15(8-11)28-10-27-13/h3-4,8,14H,1-2,5-7,9-10H2,(H,20,25)(H,21,22,24). The van der Waals surface area contributed by atoms with E-state index in [2.05, 4.69) is 15.6 Å². The maximum Gasteiger partial charge on any atom is 0.322 e. The van der Waals surface area contributed by atoms with Crippen LogP contribution >= 0.6 is 11.3 Å². The molecule has 0 spiro atoms. The summed E-state index contributed by atoms with van der Waals surface area (Å²) in [4.78, 5) is 32.1. The van der Waals surface area contributed by atoms with Crippen LogP contribution in [0.3, 0.4) is 0 Å². The number of fused-ring (bicyclic) bond motifs is 2. The quantitative estimate of drug-likeness (QED) is 0.797. The largest absolute Gasteiger partial charge is 0.454 e. The second-order valence-electron chi connectivity index (χ2n) is 7.05. The summed E-state index contributed by atoms with van der Waals surface area (Å²) in [5.74, 6) is 1.15. The molecule has 29 heavy (non-hydrogen) atoms. The van der Waals surface area contributed by atoms with Gasteiger partial charge in [-0.05, 0) is 25.0 Å². The molecular formula is C19H20N4O5S. The summed E-state index contributed by atoms with van der Waals surface area (Å²) in [6.45, 7) is 1.84. The second kappa shape index (κ2) is 7.53. The number of rotatable bonds is 3. The Balaban J connectivity index is 1.22. The van der Waals surface area contributed by atoms with E-state index in [1.807, 2.05) is 0 Å². The fraction of sp³-hybridized carbons (Fsp3) is 0.421. The molecule has 10 heteroatoms. The predicted molar refractivity (Wildman–Crippen MR) is 105 cm³/mol. The highest BCUT2D eigenvalue weighted by Gasteiger charge is 2.27. The number of hydrogen-bond donors (Lipinski definition) is 2. The number of carbonyl (C=O) groups excluding carboxylic acids is 2. The van der Waals surface area contributed by atoms with Crippen molar-refractivity contribution in [3.8, 4) is 11.5 Å². The molecular weight excluding hydrogens is 396 g/mol. The van der Waals surface area contributed by atoms with E-state index in [4.69, 9.17) is 14.2 Å². The molecule has 3 amide bonds. The second-order valence-corrected chi connectivity index (χ2v) is 8.13. The Bertz CT molecular complexity index is 956. The highest BCUT2D eigenvalue weighted by molar-refractivity contribution is 7.15. The van der Waals surface area contributed by atoms with Gasteiger partial charge in [-0.3, -0.25) is 10.1 Å². The number of urea groups is 1. The molecule has 3 aliphatic rings. The molecule has 2 aromatic rings. The van der Waals surface area contributed by atoms with Crippen molar-refractivity contribution in [1.29, 1.82) is 0 Å². The van der Waals surface area contributed by atoms with Crippen LogP contribution in [0.25, 0.3) is 0 Å². The Morgan fingerprint density at radius 3 is 2.97 bits per heavy atom. The predicted octanol–water partition coefficient (Wildman–Crippen LogP) is 2.58. The number of nitrogens with zero attached hydrogens (tertiary/aromatic N) is 2. The van der Waals surface area contributed by atoms with E-state index >= 15 is 0 Å². The first-order valence-corrected chi connectivity index (χ1v) is 10.3. The van der Waals surface area contributed by atoms with Gasteiger partial charge in [-0.25, -0.2) is 9.78 Å². The zero-order chi connectivity index (χ0) is 19.8. The lowest BCUT2D eigenvalue weighted by Gasteiger charge is -2.26. The fourth-order valence-corrected chi connectivity index (χ4v) is 4.60. The Morgan fingerprint density at radius 1 is 1.21 bits per heavy atom. The number of nitrogens with one attached hydrogen (secondary N) is 2. The number of carbonyl (C=O) groups is 2. The molecule has 4 heterocycles. The van der Waals surface area contributed by atoms with E-state index in [9.17, 15) is 9.59 Å². The molecule has 1 unspecified atom stereocenters. The molecule has 3 aliphatic heterocycles. The first-order chi connectivity index (χ1) is 14.2. The molecule has 1 fully saturated rings. The van der Waals surface area contributed by atoms with Gasteiger partial charge in [-0.2, -0.15) is 0 Å². The zero-order valence-corrected chi connectivity index (χ0v) is 16.4. The first-order valence-electron chi connectivity index (χ1n) is 9.52. The van der Waals surface area contributed by atoms with Gasteiger partial charge in [0.15, 0.2) is 16.6 Å². The SMILES string of the molecule is O=C(Nc1nc2c(s1)CN(C(=O)Nc1ccc3c(c1)OCO3)CC2)C1CCCO1. The smallest absolute Gasteiger partial charge is 0.322 e. The normalized spacial score (nSPS) is 19.7. The maximum absolute atomic E-state index is 12.7. The summed E-state index contributed by atoms with van der Waals surface area (Å²) in [5, 5.41) is 6.31. The molecule has 1 atom stereocenters. The minimum atomic E-state index is -0.389. The molecule has 9 nitrogen and oxygen atoms in total. The third-order valence-electron chi connectivity index (χ3n) is 5.09. The van der Waals surface area contributed by atoms with Gasteiger partial charge in [0.1, 0.15) is 6.10 Å². The van der Waals surface area contributed by atoms with E-state index in [-0.39, 0.29) is 24.8 Å². The molecule has 1 saturated heterocycles. The average molecular weight is 416 g/mol. The Hall–Kier alpha value is -2.85. The van der Waals surface area contributed by atoms with E-state index < -0.39 is 0 Å². The van der Waals surface area contributed by atoms with E-state index in [1.165, 1.54) is 11.3 Å². The van der Waals surface area contributed by atoms with Crippen molar-refractivity contribution in [1.82, 2.24) is 9.88 Å². The van der Waals surface area contributed by atoms with Gasteiger partial charge < -0.3 is 24.4 Å². The van der Waals surface area contributed by atoms with Crippen molar-refractivity contribution in [3.05, 3.63) is 28.8 Å². The van der Waals surface area contributed by atoms with Crippen LogP contribution in [-0.4, -0.2) is 47.9 Å². The number of benzene rings is 1. The first kappa shape index (κ1) is 18.2. The third kappa shape index (κ3) is 3.73. The average Bonchev–Trinajstić information content (AvgIpc) is 3.46. The van der Waals surface area contributed by atoms with Crippen molar-refractivity contribution in [2.24, 2.45) is 0 Å². The summed E-state index contributed by atoms with van der Waals surface area (Å²) in [6.07, 6.45) is 1.90. The molecule has 1 aromatic heterocycles. The van der Waals surface area contributed by atoms with Gasteiger partial charge in [0.05, 0.1) is 12.2 Å². The van der Waals surface area contributed by atoms with E-state index in [1.54, 1.807) is 23.1 Å². The summed E-state index contributed by atoms with van der Waals surface area (Å²) in [7, 11) is 0. The van der Waals surface area contributed by atoms with Crippen molar-refractivity contribution >= 4 is 34.1 Å². The van der Waals surface area contributed by atoms with Gasteiger partial charge in [0, 0.05) is 36.2 Å². The van der Waals surface area contributed by atoms with Crippen molar-refractivity contribution in [2.45, 2.75) is 31.9 Å². The van der Waals surface area contributed by atoms with Crippen molar-refractivity contribution in [3.63, 3.8) is 0 Å². The lowest BCUT2D eigenvalue weighted by molar-refractivity contribution is -0.124. The summed E-state index contributed by atoms with van der Waals surface area (Å²) >= 11 is 1.41. The van der Waals surface area contributed by atoms with Crippen LogP contribution in [0.2, 0.25) is 0 Å². The molecule has 0 aliphatic carbocycles. The molecule has 0 saturated carbocycles. The molecule has 152 valence electrons. The molecule has 0 bridgehead atoms. The van der Waals surface area contributed by atoms with E-state index in [0.717, 1.165) is 23.4 Å². The Morgan fingerprint density at radius 2 is 2.10 bits per heavy atom. The monoisotopic (exact) mass is 416 g/mol. The Kier molecular flexibility index (Phi) is 4.72. The topological polar surface area (TPSA) is 102 Å². The van der Waals surface area contributed by atoms with Crippen LogP contribution in [0.4, 0.5) is 15.6 Å². The zero-order valence-electron chi connectivity index (χ0n) is 15.6. The van der Waals surface area contributed by atoms with Gasteiger partial charge >= 0.3 is 6.03 Å². The van der Waals surface area contributed by atoms with Crippen LogP contribution in [0.5, 0.6) is 11.5 Å². The summed E-state index contributed by atoms with van der Waals surface area (Å²) in [5.41, 5.74) is 1.59. The maximum atomic E-state index is 12.7. The number of thiazole rings is 1. The van der Waals surface area contributed by atoms with Gasteiger partial charge in [-0.1, -0.05) is 11.3 Å². The summed E-state index contributed by atoms with van der Waals surface area (Å²) < 4.78 is 16.0. The van der Waals surface area contributed by atoms with Gasteiger partial charge in [0.2, 0.25) is 6.79 Å². The van der Waals surface area contributed by atoms with E-state index in [0.29, 0.717) is 48.4 Å². The van der Waals surface area contributed by atoms with Crippen molar-refractivity contribution < 1.29 is 23.8 Å². The molecule has 0 radical (unpaired) electrons. The molecule has 5 rings (SSSR count). The minimum absolute atomic E-state index is 0.147. The third-order valence-corrected chi connectivity index (χ3v) is 6.09. The van der Waals surface area contributed by atoms with Crippen LogP contribution in [0.1, 0.15) is 23.4 Å². The lowest BCUT2D eigenvalue weighted by atomic mass is 10.2. The number of aromatic nitrogens is 1. The van der Waals surface area contributed by atoms with Crippen LogP contribution in [-0.2, 0) is 22.5 Å². The minimum Gasteiger partial charge on any atom is -0.454 e. The highest BCUT2D eigenvalue weighted by atomic mass is 32.1. The number of hydrogen-bond acceptors (Lipinski definition) is 7. The fourth-order valence-electron chi connectivity index (χ4n) is 3.57. The van der Waals surface area contributed by atoms with Crippen LogP contribution < -0.4 is 20.1 Å². The molecule has 2 N–H and O–H groups in total. The lowest BCUT2D eigenvalue weighted by Crippen LogP contribution is -2.38.